The van der Waals surface area contributed by atoms with Crippen LogP contribution in [-0.4, -0.2) is 45.3 Å². The van der Waals surface area contributed by atoms with E-state index in [4.69, 9.17) is 9.47 Å². The highest BCUT2D eigenvalue weighted by Crippen LogP contribution is 2.35. The molecule has 1 aliphatic carbocycles. The van der Waals surface area contributed by atoms with Crippen molar-refractivity contribution in [1.82, 2.24) is 14.9 Å². The second-order valence-electron chi connectivity index (χ2n) is 9.92. The van der Waals surface area contributed by atoms with Crippen LogP contribution in [0, 0.1) is 25.6 Å². The second kappa shape index (κ2) is 12.5. The Labute approximate surface area is 237 Å². The molecule has 2 aromatic carbocycles. The van der Waals surface area contributed by atoms with E-state index in [1.807, 2.05) is 19.9 Å². The molecule has 2 amide bonds. The standard InChI is InChI=1S/C30H31FN4O4S/c1-19-14-20(2)33-30(32-19)40-17-27(36)35(16-21-8-10-23(31)11-9-21)28(22-6-4-3-5-7-22)29(37)34-24-12-13-25-26(15-24)39-18-38-25/h3-4,8-15,22,28H,5-7,16-18H2,1-2H3,(H,34,37)/t22-,28+/m1/s1. The van der Waals surface area contributed by atoms with Crippen molar-refractivity contribution in [2.75, 3.05) is 17.9 Å². The van der Waals surface area contributed by atoms with Gasteiger partial charge in [0.2, 0.25) is 18.6 Å². The number of carbonyl (C=O) groups is 2. The van der Waals surface area contributed by atoms with Gasteiger partial charge >= 0.3 is 0 Å². The summed E-state index contributed by atoms with van der Waals surface area (Å²) in [5, 5.41) is 3.51. The Bertz CT molecular complexity index is 1400. The van der Waals surface area contributed by atoms with Crippen LogP contribution in [-0.2, 0) is 16.1 Å². The number of hydrogen-bond donors (Lipinski definition) is 1. The monoisotopic (exact) mass is 562 g/mol. The summed E-state index contributed by atoms with van der Waals surface area (Å²) >= 11 is 1.24. The number of amides is 2. The molecule has 0 saturated carbocycles. The fourth-order valence-electron chi connectivity index (χ4n) is 5.00. The molecule has 0 unspecified atom stereocenters. The SMILES string of the molecule is Cc1cc(C)nc(SCC(=O)N(Cc2ccc(F)cc2)[C@H](C(=O)Nc2ccc3c(c2)OCO3)[C@@H]2CC=CCC2)n1. The number of aryl methyl sites for hydroxylation is 2. The largest absolute Gasteiger partial charge is 0.454 e. The summed E-state index contributed by atoms with van der Waals surface area (Å²) in [4.78, 5) is 38.4. The molecule has 3 aromatic rings. The fraction of sp³-hybridized carbons (Fsp3) is 0.333. The number of nitrogens with one attached hydrogen (secondary N) is 1. The lowest BCUT2D eigenvalue weighted by molar-refractivity contribution is -0.139. The molecule has 0 bridgehead atoms. The molecule has 40 heavy (non-hydrogen) atoms. The lowest BCUT2D eigenvalue weighted by atomic mass is 9.86. The van der Waals surface area contributed by atoms with Crippen LogP contribution in [0.1, 0.15) is 36.2 Å². The minimum atomic E-state index is -0.756. The first-order valence-corrected chi connectivity index (χ1v) is 14.2. The molecule has 0 fully saturated rings. The number of benzene rings is 2. The zero-order valence-electron chi connectivity index (χ0n) is 22.4. The molecule has 1 N–H and O–H groups in total. The van der Waals surface area contributed by atoms with E-state index < -0.39 is 6.04 Å². The van der Waals surface area contributed by atoms with E-state index in [0.29, 0.717) is 28.8 Å². The molecule has 0 spiro atoms. The smallest absolute Gasteiger partial charge is 0.247 e. The Morgan fingerprint density at radius 2 is 1.80 bits per heavy atom. The van der Waals surface area contributed by atoms with Crippen molar-refractivity contribution in [3.8, 4) is 11.5 Å². The van der Waals surface area contributed by atoms with Gasteiger partial charge in [-0.15, -0.1) is 0 Å². The van der Waals surface area contributed by atoms with Gasteiger partial charge < -0.3 is 19.7 Å². The van der Waals surface area contributed by atoms with Crippen molar-refractivity contribution in [3.63, 3.8) is 0 Å². The third-order valence-corrected chi connectivity index (χ3v) is 7.71. The summed E-state index contributed by atoms with van der Waals surface area (Å²) in [6, 6.07) is 12.3. The number of thioether (sulfide) groups is 1. The minimum absolute atomic E-state index is 0.0560. The van der Waals surface area contributed by atoms with Crippen LogP contribution in [0.4, 0.5) is 10.1 Å². The van der Waals surface area contributed by atoms with Gasteiger partial charge in [0.1, 0.15) is 11.9 Å². The molecule has 8 nitrogen and oxygen atoms in total. The van der Waals surface area contributed by atoms with Crippen LogP contribution in [0.2, 0.25) is 0 Å². The first-order valence-electron chi connectivity index (χ1n) is 13.2. The molecule has 2 heterocycles. The van der Waals surface area contributed by atoms with Crippen molar-refractivity contribution in [2.24, 2.45) is 5.92 Å². The van der Waals surface area contributed by atoms with Gasteiger partial charge in [0.05, 0.1) is 5.75 Å². The number of allylic oxidation sites excluding steroid dienone is 2. The summed E-state index contributed by atoms with van der Waals surface area (Å²) in [6.45, 7) is 4.06. The van der Waals surface area contributed by atoms with Crippen LogP contribution in [0.5, 0.6) is 11.5 Å². The van der Waals surface area contributed by atoms with Gasteiger partial charge in [0.25, 0.3) is 0 Å². The maximum absolute atomic E-state index is 14.0. The van der Waals surface area contributed by atoms with Crippen molar-refractivity contribution in [3.05, 3.63) is 83.5 Å². The van der Waals surface area contributed by atoms with Crippen LogP contribution in [0.15, 0.2) is 65.8 Å². The Balaban J connectivity index is 1.44. The Kier molecular flexibility index (Phi) is 8.64. The summed E-state index contributed by atoms with van der Waals surface area (Å²) in [7, 11) is 0. The average Bonchev–Trinajstić information content (AvgIpc) is 3.41. The van der Waals surface area contributed by atoms with Crippen molar-refractivity contribution >= 4 is 29.3 Å². The molecule has 208 valence electrons. The molecule has 1 aromatic heterocycles. The molecule has 1 aliphatic heterocycles. The first kappa shape index (κ1) is 27.6. The number of anilines is 1. The van der Waals surface area contributed by atoms with Crippen LogP contribution >= 0.6 is 11.8 Å². The molecule has 2 atom stereocenters. The van der Waals surface area contributed by atoms with E-state index in [9.17, 15) is 14.0 Å². The number of carbonyl (C=O) groups excluding carboxylic acids is 2. The highest BCUT2D eigenvalue weighted by molar-refractivity contribution is 7.99. The molecule has 10 heteroatoms. The van der Waals surface area contributed by atoms with Crippen LogP contribution < -0.4 is 14.8 Å². The number of aromatic nitrogens is 2. The normalized spacial score (nSPS) is 16.4. The molecule has 0 radical (unpaired) electrons. The Morgan fingerprint density at radius 3 is 2.52 bits per heavy atom. The third kappa shape index (κ3) is 6.80. The number of hydrogen-bond acceptors (Lipinski definition) is 7. The van der Waals surface area contributed by atoms with Gasteiger partial charge in [0.15, 0.2) is 16.7 Å². The maximum atomic E-state index is 14.0. The van der Waals surface area contributed by atoms with E-state index in [1.54, 1.807) is 35.2 Å². The molecule has 0 saturated heterocycles. The molecular weight excluding hydrogens is 531 g/mol. The number of ether oxygens (including phenoxy) is 2. The van der Waals surface area contributed by atoms with Gasteiger partial charge in [0, 0.05) is 29.7 Å². The maximum Gasteiger partial charge on any atom is 0.247 e. The highest BCUT2D eigenvalue weighted by Gasteiger charge is 2.37. The van der Waals surface area contributed by atoms with E-state index >= 15 is 0 Å². The highest BCUT2D eigenvalue weighted by atomic mass is 32.2. The first-order chi connectivity index (χ1) is 19.4. The number of fused-ring (bicyclic) bond motifs is 1. The second-order valence-corrected chi connectivity index (χ2v) is 10.9. The van der Waals surface area contributed by atoms with Gasteiger partial charge in [-0.05, 0) is 74.9 Å². The number of halogens is 1. The van der Waals surface area contributed by atoms with Crippen LogP contribution in [0.3, 0.4) is 0 Å². The molecule has 5 rings (SSSR count). The average molecular weight is 563 g/mol. The predicted molar refractivity (Wildman–Crippen MR) is 151 cm³/mol. The summed E-state index contributed by atoms with van der Waals surface area (Å²) in [6.07, 6.45) is 6.41. The third-order valence-electron chi connectivity index (χ3n) is 6.87. The lowest BCUT2D eigenvalue weighted by Gasteiger charge is -2.37. The molecular formula is C30H31FN4O4S. The summed E-state index contributed by atoms with van der Waals surface area (Å²) in [5.74, 6) is 0.259. The summed E-state index contributed by atoms with van der Waals surface area (Å²) < 4.78 is 24.5. The van der Waals surface area contributed by atoms with Crippen molar-refractivity contribution in [2.45, 2.75) is 50.9 Å². The Morgan fingerprint density at radius 1 is 1.05 bits per heavy atom. The lowest BCUT2D eigenvalue weighted by Crippen LogP contribution is -2.51. The van der Waals surface area contributed by atoms with E-state index in [2.05, 4.69) is 27.4 Å². The fourth-order valence-corrected chi connectivity index (χ4v) is 5.84. The van der Waals surface area contributed by atoms with E-state index in [-0.39, 0.29) is 42.6 Å². The van der Waals surface area contributed by atoms with Gasteiger partial charge in [-0.25, -0.2) is 14.4 Å². The number of nitrogens with zero attached hydrogens (tertiary/aromatic N) is 3. The summed E-state index contributed by atoms with van der Waals surface area (Å²) in [5.41, 5.74) is 2.92. The van der Waals surface area contributed by atoms with E-state index in [0.717, 1.165) is 29.8 Å². The zero-order chi connectivity index (χ0) is 28.1. The Hall–Kier alpha value is -3.92. The quantitative estimate of drug-likeness (QED) is 0.211. The number of rotatable bonds is 9. The molecule has 2 aliphatic rings. The van der Waals surface area contributed by atoms with Crippen molar-refractivity contribution in [1.29, 1.82) is 0 Å². The predicted octanol–water partition coefficient (Wildman–Crippen LogP) is 5.45. The minimum Gasteiger partial charge on any atom is -0.454 e. The van der Waals surface area contributed by atoms with Gasteiger partial charge in [-0.1, -0.05) is 36.0 Å². The van der Waals surface area contributed by atoms with Crippen LogP contribution in [0.25, 0.3) is 0 Å². The topological polar surface area (TPSA) is 93.7 Å². The van der Waals surface area contributed by atoms with Crippen molar-refractivity contribution < 1.29 is 23.5 Å². The zero-order valence-corrected chi connectivity index (χ0v) is 23.2. The van der Waals surface area contributed by atoms with Gasteiger partial charge in [-0.2, -0.15) is 0 Å². The van der Waals surface area contributed by atoms with Gasteiger partial charge in [-0.3, -0.25) is 9.59 Å². The van der Waals surface area contributed by atoms with E-state index in [1.165, 1.54) is 23.9 Å².